The third-order valence-corrected chi connectivity index (χ3v) is 5.76. The van der Waals surface area contributed by atoms with E-state index in [1.54, 1.807) is 24.3 Å². The van der Waals surface area contributed by atoms with Crippen molar-refractivity contribution < 1.29 is 4.79 Å². The van der Waals surface area contributed by atoms with Gasteiger partial charge >= 0.3 is 0 Å². The van der Waals surface area contributed by atoms with Crippen LogP contribution in [0.5, 0.6) is 0 Å². The van der Waals surface area contributed by atoms with Crippen LogP contribution in [0.2, 0.25) is 5.02 Å². The first kappa shape index (κ1) is 20.2. The van der Waals surface area contributed by atoms with Crippen molar-refractivity contribution in [2.45, 2.75) is 6.04 Å². The Labute approximate surface area is 181 Å². The lowest BCUT2D eigenvalue weighted by Crippen LogP contribution is -2.49. The molecule has 1 aliphatic rings. The SMILES string of the molecule is N#Cc1cccc(C(=O)N2CCN(C(c3ccccc3)c3ccc(Cl)cc3)CC2)c1. The minimum Gasteiger partial charge on any atom is -0.336 e. The average Bonchev–Trinajstić information content (AvgIpc) is 2.81. The summed E-state index contributed by atoms with van der Waals surface area (Å²) < 4.78 is 0. The van der Waals surface area contributed by atoms with E-state index in [-0.39, 0.29) is 11.9 Å². The molecule has 30 heavy (non-hydrogen) atoms. The third kappa shape index (κ3) is 4.38. The van der Waals surface area contributed by atoms with E-state index in [2.05, 4.69) is 47.4 Å². The third-order valence-electron chi connectivity index (χ3n) is 5.51. The van der Waals surface area contributed by atoms with Crippen LogP contribution < -0.4 is 0 Å². The van der Waals surface area contributed by atoms with Gasteiger partial charge in [0, 0.05) is 36.8 Å². The summed E-state index contributed by atoms with van der Waals surface area (Å²) in [5.74, 6) is -0.0190. The van der Waals surface area contributed by atoms with Gasteiger partial charge in [0.25, 0.3) is 5.91 Å². The number of halogens is 1. The molecule has 1 saturated heterocycles. The molecule has 0 saturated carbocycles. The molecule has 0 aliphatic carbocycles. The Bertz CT molecular complexity index is 1050. The highest BCUT2D eigenvalue weighted by Gasteiger charge is 2.28. The zero-order valence-corrected chi connectivity index (χ0v) is 17.3. The number of piperazine rings is 1. The van der Waals surface area contributed by atoms with Gasteiger partial charge in [0.05, 0.1) is 17.7 Å². The number of amides is 1. The summed E-state index contributed by atoms with van der Waals surface area (Å²) >= 11 is 6.10. The van der Waals surface area contributed by atoms with E-state index >= 15 is 0 Å². The van der Waals surface area contributed by atoms with Crippen LogP contribution >= 0.6 is 11.6 Å². The molecular formula is C25H22ClN3O. The van der Waals surface area contributed by atoms with E-state index in [0.717, 1.165) is 18.1 Å². The molecule has 4 rings (SSSR count). The molecule has 1 amide bonds. The Hall–Kier alpha value is -3.13. The molecule has 5 heteroatoms. The maximum atomic E-state index is 12.9. The number of benzene rings is 3. The van der Waals surface area contributed by atoms with Crippen LogP contribution in [0.15, 0.2) is 78.9 Å². The van der Waals surface area contributed by atoms with Crippen LogP contribution in [-0.2, 0) is 0 Å². The molecule has 1 heterocycles. The quantitative estimate of drug-likeness (QED) is 0.617. The molecule has 0 bridgehead atoms. The molecule has 0 radical (unpaired) electrons. The Morgan fingerprint density at radius 3 is 2.20 bits per heavy atom. The zero-order chi connectivity index (χ0) is 20.9. The largest absolute Gasteiger partial charge is 0.336 e. The molecule has 0 aromatic heterocycles. The summed E-state index contributed by atoms with van der Waals surface area (Å²) in [6.07, 6.45) is 0. The van der Waals surface area contributed by atoms with Gasteiger partial charge in [-0.1, -0.05) is 60.1 Å². The van der Waals surface area contributed by atoms with Gasteiger partial charge in [-0.15, -0.1) is 0 Å². The number of hydrogen-bond donors (Lipinski definition) is 0. The van der Waals surface area contributed by atoms with Crippen molar-refractivity contribution in [1.82, 2.24) is 9.80 Å². The number of hydrogen-bond acceptors (Lipinski definition) is 3. The first-order valence-corrected chi connectivity index (χ1v) is 10.4. The van der Waals surface area contributed by atoms with Crippen molar-refractivity contribution in [3.63, 3.8) is 0 Å². The van der Waals surface area contributed by atoms with Gasteiger partial charge in [-0.2, -0.15) is 5.26 Å². The lowest BCUT2D eigenvalue weighted by molar-refractivity contribution is 0.0597. The van der Waals surface area contributed by atoms with Gasteiger partial charge in [-0.3, -0.25) is 9.69 Å². The second kappa shape index (κ2) is 9.13. The molecule has 150 valence electrons. The predicted molar refractivity (Wildman–Crippen MR) is 118 cm³/mol. The Balaban J connectivity index is 1.52. The molecule has 0 N–H and O–H groups in total. The van der Waals surface area contributed by atoms with Crippen LogP contribution in [0, 0.1) is 11.3 Å². The average molecular weight is 416 g/mol. The summed E-state index contributed by atoms with van der Waals surface area (Å²) in [5.41, 5.74) is 3.49. The lowest BCUT2D eigenvalue weighted by atomic mass is 9.96. The molecule has 1 fully saturated rings. The minimum absolute atomic E-state index is 0.0190. The molecule has 3 aromatic carbocycles. The first-order valence-electron chi connectivity index (χ1n) is 9.99. The fraction of sp³-hybridized carbons (Fsp3) is 0.200. The highest BCUT2D eigenvalue weighted by atomic mass is 35.5. The van der Waals surface area contributed by atoms with Crippen molar-refractivity contribution in [1.29, 1.82) is 5.26 Å². The molecule has 1 aliphatic heterocycles. The Morgan fingerprint density at radius 1 is 0.867 bits per heavy atom. The van der Waals surface area contributed by atoms with Crippen LogP contribution in [-0.4, -0.2) is 41.9 Å². The minimum atomic E-state index is -0.0190. The predicted octanol–water partition coefficient (Wildman–Crippen LogP) is 4.76. The number of carbonyl (C=O) groups is 1. The topological polar surface area (TPSA) is 47.3 Å². The number of nitrogens with zero attached hydrogens (tertiary/aromatic N) is 3. The van der Waals surface area contributed by atoms with E-state index in [9.17, 15) is 4.79 Å². The zero-order valence-electron chi connectivity index (χ0n) is 16.5. The number of nitriles is 1. The van der Waals surface area contributed by atoms with Crippen molar-refractivity contribution >= 4 is 17.5 Å². The molecule has 3 aromatic rings. The van der Waals surface area contributed by atoms with Crippen LogP contribution in [0.3, 0.4) is 0 Å². The summed E-state index contributed by atoms with van der Waals surface area (Å²) in [7, 11) is 0. The normalized spacial score (nSPS) is 15.4. The van der Waals surface area contributed by atoms with Crippen molar-refractivity contribution in [3.05, 3.63) is 106 Å². The summed E-state index contributed by atoms with van der Waals surface area (Å²) in [5, 5.41) is 9.82. The smallest absolute Gasteiger partial charge is 0.253 e. The fourth-order valence-corrected chi connectivity index (χ4v) is 4.11. The van der Waals surface area contributed by atoms with E-state index in [1.807, 2.05) is 23.1 Å². The second-order valence-corrected chi connectivity index (χ2v) is 7.82. The van der Waals surface area contributed by atoms with Crippen LogP contribution in [0.1, 0.15) is 33.1 Å². The number of carbonyl (C=O) groups excluding carboxylic acids is 1. The van der Waals surface area contributed by atoms with Gasteiger partial charge in [0.2, 0.25) is 0 Å². The maximum Gasteiger partial charge on any atom is 0.253 e. The summed E-state index contributed by atoms with van der Waals surface area (Å²) in [6, 6.07) is 27.5. The van der Waals surface area contributed by atoms with Gasteiger partial charge in [-0.05, 0) is 41.5 Å². The van der Waals surface area contributed by atoms with Crippen LogP contribution in [0.25, 0.3) is 0 Å². The van der Waals surface area contributed by atoms with Gasteiger partial charge in [0.15, 0.2) is 0 Å². The number of rotatable bonds is 4. The molecule has 4 nitrogen and oxygen atoms in total. The monoisotopic (exact) mass is 415 g/mol. The fourth-order valence-electron chi connectivity index (χ4n) is 3.98. The second-order valence-electron chi connectivity index (χ2n) is 7.39. The molecular weight excluding hydrogens is 394 g/mol. The summed E-state index contributed by atoms with van der Waals surface area (Å²) in [4.78, 5) is 17.2. The van der Waals surface area contributed by atoms with E-state index < -0.39 is 0 Å². The first-order chi connectivity index (χ1) is 14.7. The van der Waals surface area contributed by atoms with Crippen molar-refractivity contribution in [3.8, 4) is 6.07 Å². The van der Waals surface area contributed by atoms with Crippen molar-refractivity contribution in [2.24, 2.45) is 0 Å². The Kier molecular flexibility index (Phi) is 6.13. The summed E-state index contributed by atoms with van der Waals surface area (Å²) in [6.45, 7) is 2.83. The molecule has 1 unspecified atom stereocenters. The highest BCUT2D eigenvalue weighted by Crippen LogP contribution is 2.30. The van der Waals surface area contributed by atoms with Gasteiger partial charge < -0.3 is 4.90 Å². The van der Waals surface area contributed by atoms with Gasteiger partial charge in [0.1, 0.15) is 0 Å². The lowest BCUT2D eigenvalue weighted by Gasteiger charge is -2.39. The Morgan fingerprint density at radius 2 is 1.53 bits per heavy atom. The highest BCUT2D eigenvalue weighted by molar-refractivity contribution is 6.30. The van der Waals surface area contributed by atoms with Crippen LogP contribution in [0.4, 0.5) is 0 Å². The van der Waals surface area contributed by atoms with E-state index in [4.69, 9.17) is 16.9 Å². The standard InChI is InChI=1S/C25H22ClN3O/c26-23-11-9-21(10-12-23)24(20-6-2-1-3-7-20)28-13-15-29(16-14-28)25(30)22-8-4-5-19(17-22)18-27/h1-12,17,24H,13-16H2. The van der Waals surface area contributed by atoms with E-state index in [1.165, 1.54) is 11.1 Å². The molecule has 0 spiro atoms. The van der Waals surface area contributed by atoms with Crippen molar-refractivity contribution in [2.75, 3.05) is 26.2 Å². The van der Waals surface area contributed by atoms with E-state index in [0.29, 0.717) is 24.2 Å². The van der Waals surface area contributed by atoms with Gasteiger partial charge in [-0.25, -0.2) is 0 Å². The maximum absolute atomic E-state index is 12.9. The molecule has 1 atom stereocenters.